The SMILES string of the molecule is CS(=O)(=O)CCC(N)c1nc(C2CSCCS2)no1. The molecule has 2 rings (SSSR count). The van der Waals surface area contributed by atoms with Gasteiger partial charge in [-0.25, -0.2) is 8.42 Å². The number of hydrogen-bond acceptors (Lipinski definition) is 8. The summed E-state index contributed by atoms with van der Waals surface area (Å²) in [5.74, 6) is 4.23. The van der Waals surface area contributed by atoms with Crippen LogP contribution in [-0.2, 0) is 9.84 Å². The highest BCUT2D eigenvalue weighted by molar-refractivity contribution is 8.06. The Balaban J connectivity index is 1.95. The maximum atomic E-state index is 11.1. The molecule has 1 saturated heterocycles. The molecule has 0 bridgehead atoms. The van der Waals surface area contributed by atoms with Crippen LogP contribution in [0.4, 0.5) is 0 Å². The van der Waals surface area contributed by atoms with Gasteiger partial charge < -0.3 is 10.3 Å². The lowest BCUT2D eigenvalue weighted by Gasteiger charge is -2.17. The number of nitrogens with zero attached hydrogens (tertiary/aromatic N) is 2. The van der Waals surface area contributed by atoms with E-state index in [1.807, 2.05) is 23.5 Å². The first-order chi connectivity index (χ1) is 8.96. The second-order valence-corrected chi connectivity index (χ2v) is 9.17. The summed E-state index contributed by atoms with van der Waals surface area (Å²) in [6, 6.07) is -0.516. The zero-order chi connectivity index (χ0) is 13.9. The van der Waals surface area contributed by atoms with Gasteiger partial charge >= 0.3 is 0 Å². The van der Waals surface area contributed by atoms with Gasteiger partial charge in [-0.2, -0.15) is 16.7 Å². The molecule has 108 valence electrons. The minimum atomic E-state index is -3.02. The van der Waals surface area contributed by atoms with Crippen molar-refractivity contribution in [3.05, 3.63) is 11.7 Å². The first kappa shape index (κ1) is 15.1. The summed E-state index contributed by atoms with van der Waals surface area (Å²) in [4.78, 5) is 4.30. The molecule has 0 aliphatic carbocycles. The third-order valence-electron chi connectivity index (χ3n) is 2.68. The summed E-state index contributed by atoms with van der Waals surface area (Å²) in [6.45, 7) is 0. The van der Waals surface area contributed by atoms with E-state index in [1.54, 1.807) is 0 Å². The average Bonchev–Trinajstić information content (AvgIpc) is 2.86. The fourth-order valence-corrected chi connectivity index (χ4v) is 4.90. The fourth-order valence-electron chi connectivity index (χ4n) is 1.63. The summed E-state index contributed by atoms with van der Waals surface area (Å²) in [5.41, 5.74) is 5.87. The molecule has 2 N–H and O–H groups in total. The maximum Gasteiger partial charge on any atom is 0.243 e. The van der Waals surface area contributed by atoms with E-state index in [1.165, 1.54) is 6.26 Å². The average molecular weight is 323 g/mol. The molecule has 2 heterocycles. The third-order valence-corrected chi connectivity index (χ3v) is 6.41. The van der Waals surface area contributed by atoms with Crippen LogP contribution < -0.4 is 5.73 Å². The van der Waals surface area contributed by atoms with Crippen LogP contribution in [0.25, 0.3) is 0 Å². The lowest BCUT2D eigenvalue weighted by molar-refractivity contribution is 0.348. The van der Waals surface area contributed by atoms with Crippen LogP contribution in [0.2, 0.25) is 0 Å². The van der Waals surface area contributed by atoms with Crippen molar-refractivity contribution in [2.75, 3.05) is 29.3 Å². The van der Waals surface area contributed by atoms with Gasteiger partial charge in [-0.1, -0.05) is 5.16 Å². The number of aromatic nitrogens is 2. The minimum absolute atomic E-state index is 0.0277. The molecule has 0 amide bonds. The van der Waals surface area contributed by atoms with E-state index in [9.17, 15) is 8.42 Å². The predicted octanol–water partition coefficient (Wildman–Crippen LogP) is 1.03. The van der Waals surface area contributed by atoms with E-state index in [2.05, 4.69) is 10.1 Å². The number of rotatable bonds is 5. The first-order valence-electron chi connectivity index (χ1n) is 5.92. The summed E-state index contributed by atoms with van der Waals surface area (Å²) < 4.78 is 27.3. The minimum Gasteiger partial charge on any atom is -0.338 e. The molecule has 2 unspecified atom stereocenters. The van der Waals surface area contributed by atoms with Crippen molar-refractivity contribution >= 4 is 33.4 Å². The molecule has 1 fully saturated rings. The molecule has 2 atom stereocenters. The Labute approximate surface area is 121 Å². The molecular weight excluding hydrogens is 306 g/mol. The Morgan fingerprint density at radius 1 is 1.53 bits per heavy atom. The van der Waals surface area contributed by atoms with Crippen molar-refractivity contribution < 1.29 is 12.9 Å². The molecule has 1 aromatic rings. The lowest BCUT2D eigenvalue weighted by atomic mass is 10.2. The number of sulfone groups is 1. The third kappa shape index (κ3) is 4.66. The van der Waals surface area contributed by atoms with Crippen molar-refractivity contribution in [1.82, 2.24) is 10.1 Å². The van der Waals surface area contributed by atoms with Crippen molar-refractivity contribution in [2.24, 2.45) is 5.73 Å². The van der Waals surface area contributed by atoms with Gasteiger partial charge in [-0.05, 0) is 6.42 Å². The van der Waals surface area contributed by atoms with E-state index in [-0.39, 0.29) is 11.0 Å². The molecule has 1 aliphatic rings. The highest BCUT2D eigenvalue weighted by Crippen LogP contribution is 2.35. The molecular formula is C10H17N3O3S3. The van der Waals surface area contributed by atoms with Crippen LogP contribution in [0.5, 0.6) is 0 Å². The Kier molecular flexibility index (Phi) is 5.15. The van der Waals surface area contributed by atoms with Crippen molar-refractivity contribution in [3.63, 3.8) is 0 Å². The topological polar surface area (TPSA) is 99.1 Å². The van der Waals surface area contributed by atoms with Gasteiger partial charge in [0, 0.05) is 23.5 Å². The monoisotopic (exact) mass is 323 g/mol. The van der Waals surface area contributed by atoms with E-state index in [0.29, 0.717) is 18.1 Å². The van der Waals surface area contributed by atoms with Crippen molar-refractivity contribution in [3.8, 4) is 0 Å². The van der Waals surface area contributed by atoms with Gasteiger partial charge in [0.1, 0.15) is 9.84 Å². The quantitative estimate of drug-likeness (QED) is 0.857. The molecule has 0 saturated carbocycles. The molecule has 6 nitrogen and oxygen atoms in total. The Morgan fingerprint density at radius 2 is 2.32 bits per heavy atom. The van der Waals surface area contributed by atoms with Gasteiger partial charge in [0.05, 0.1) is 17.0 Å². The van der Waals surface area contributed by atoms with Gasteiger partial charge in [0.25, 0.3) is 0 Å². The highest BCUT2D eigenvalue weighted by atomic mass is 32.2. The summed E-state index contributed by atoms with van der Waals surface area (Å²) >= 11 is 3.69. The second kappa shape index (κ2) is 6.47. The van der Waals surface area contributed by atoms with Gasteiger partial charge in [-0.15, -0.1) is 11.8 Å². The Hall–Kier alpha value is -0.250. The van der Waals surface area contributed by atoms with Gasteiger partial charge in [0.2, 0.25) is 5.89 Å². The standard InChI is InChI=1S/C10H17N3O3S3/c1-19(14,15)5-2-7(11)10-12-9(13-16-10)8-6-17-3-4-18-8/h7-8H,2-6,11H2,1H3. The van der Waals surface area contributed by atoms with Gasteiger partial charge in [0.15, 0.2) is 5.82 Å². The van der Waals surface area contributed by atoms with E-state index < -0.39 is 15.9 Å². The van der Waals surface area contributed by atoms with Crippen LogP contribution in [0.1, 0.15) is 29.4 Å². The summed E-state index contributed by atoms with van der Waals surface area (Å²) in [5, 5.41) is 4.20. The fraction of sp³-hybridized carbons (Fsp3) is 0.800. The van der Waals surface area contributed by atoms with E-state index >= 15 is 0 Å². The molecule has 1 aliphatic heterocycles. The van der Waals surface area contributed by atoms with Crippen molar-refractivity contribution in [1.29, 1.82) is 0 Å². The largest absolute Gasteiger partial charge is 0.338 e. The lowest BCUT2D eigenvalue weighted by Crippen LogP contribution is -2.16. The zero-order valence-electron chi connectivity index (χ0n) is 10.6. The van der Waals surface area contributed by atoms with E-state index in [0.717, 1.165) is 17.3 Å². The van der Waals surface area contributed by atoms with Crippen LogP contribution >= 0.6 is 23.5 Å². The molecule has 0 aromatic carbocycles. The molecule has 1 aromatic heterocycles. The number of hydrogen-bond donors (Lipinski definition) is 1. The molecule has 0 spiro atoms. The summed E-state index contributed by atoms with van der Waals surface area (Å²) in [7, 11) is -3.02. The van der Waals surface area contributed by atoms with Crippen LogP contribution in [-0.4, -0.2) is 47.8 Å². The Bertz CT molecular complexity index is 511. The first-order valence-corrected chi connectivity index (χ1v) is 10.2. The highest BCUT2D eigenvalue weighted by Gasteiger charge is 2.24. The van der Waals surface area contributed by atoms with Crippen LogP contribution in [0, 0.1) is 0 Å². The van der Waals surface area contributed by atoms with Crippen LogP contribution in [0.3, 0.4) is 0 Å². The summed E-state index contributed by atoms with van der Waals surface area (Å²) in [6.07, 6.45) is 1.49. The predicted molar refractivity (Wildman–Crippen MR) is 78.1 cm³/mol. The number of thioether (sulfide) groups is 2. The zero-order valence-corrected chi connectivity index (χ0v) is 13.1. The van der Waals surface area contributed by atoms with E-state index in [4.69, 9.17) is 10.3 Å². The molecule has 19 heavy (non-hydrogen) atoms. The second-order valence-electron chi connectivity index (χ2n) is 4.45. The number of nitrogens with two attached hydrogens (primary N) is 1. The Morgan fingerprint density at radius 3 is 2.95 bits per heavy atom. The normalized spacial score (nSPS) is 22.3. The molecule has 9 heteroatoms. The van der Waals surface area contributed by atoms with Crippen molar-refractivity contribution in [2.45, 2.75) is 17.7 Å². The van der Waals surface area contributed by atoms with Gasteiger partial charge in [-0.3, -0.25) is 0 Å². The maximum absolute atomic E-state index is 11.1. The van der Waals surface area contributed by atoms with Crippen LogP contribution in [0.15, 0.2) is 4.52 Å². The smallest absolute Gasteiger partial charge is 0.243 e. The molecule has 0 radical (unpaired) electrons.